The van der Waals surface area contributed by atoms with Crippen molar-refractivity contribution in [2.75, 3.05) is 0 Å². The smallest absolute Gasteiger partial charge is 0.184 e. The molecule has 3 aromatic rings. The van der Waals surface area contributed by atoms with E-state index in [9.17, 15) is 0 Å². The summed E-state index contributed by atoms with van der Waals surface area (Å²) in [5.41, 5.74) is 0. The summed E-state index contributed by atoms with van der Waals surface area (Å²) < 4.78 is 0. The molecule has 0 atom stereocenters. The SMILES string of the molecule is Cl.Cl.[Ru+3].[c-]1ccccc1.[c-]1ccccc1.[c-]1ccccc1. The minimum Gasteiger partial charge on any atom is -0.184 e. The number of halogens is 2. The zero-order valence-corrected chi connectivity index (χ0v) is 14.7. The van der Waals surface area contributed by atoms with Crippen LogP contribution < -0.4 is 0 Å². The van der Waals surface area contributed by atoms with Crippen molar-refractivity contribution < 1.29 is 19.5 Å². The summed E-state index contributed by atoms with van der Waals surface area (Å²) in [5.74, 6) is 0. The van der Waals surface area contributed by atoms with Gasteiger partial charge in [0, 0.05) is 0 Å². The minimum atomic E-state index is 0. The van der Waals surface area contributed by atoms with Crippen LogP contribution in [-0.2, 0) is 19.5 Å². The molecule has 3 heteroatoms. The zero-order valence-electron chi connectivity index (χ0n) is 11.3. The van der Waals surface area contributed by atoms with Crippen molar-refractivity contribution in [1.29, 1.82) is 0 Å². The number of rotatable bonds is 0. The topological polar surface area (TPSA) is 0 Å². The Morgan fingerprint density at radius 2 is 0.524 bits per heavy atom. The van der Waals surface area contributed by atoms with Crippen molar-refractivity contribution in [3.8, 4) is 0 Å². The molecule has 111 valence electrons. The van der Waals surface area contributed by atoms with E-state index >= 15 is 0 Å². The maximum atomic E-state index is 2.89. The molecule has 3 aromatic carbocycles. The molecule has 0 bridgehead atoms. The van der Waals surface area contributed by atoms with Crippen LogP contribution in [0.25, 0.3) is 0 Å². The predicted octanol–water partition coefficient (Wildman–Crippen LogP) is 5.30. The molecule has 0 spiro atoms. The minimum absolute atomic E-state index is 0. The molecule has 0 fully saturated rings. The van der Waals surface area contributed by atoms with E-state index in [0.29, 0.717) is 0 Å². The second-order valence-electron chi connectivity index (χ2n) is 3.23. The van der Waals surface area contributed by atoms with Gasteiger partial charge in [-0.3, -0.25) is 0 Å². The third-order valence-corrected chi connectivity index (χ3v) is 1.82. The van der Waals surface area contributed by atoms with E-state index in [1.807, 2.05) is 91.0 Å². The largest absolute Gasteiger partial charge is 3.00 e. The van der Waals surface area contributed by atoms with Crippen LogP contribution in [0.1, 0.15) is 0 Å². The summed E-state index contributed by atoms with van der Waals surface area (Å²) in [4.78, 5) is 0. The summed E-state index contributed by atoms with van der Waals surface area (Å²) in [6.07, 6.45) is 0. The molecule has 0 aliphatic heterocycles. The van der Waals surface area contributed by atoms with Crippen molar-refractivity contribution >= 4 is 24.8 Å². The molecular formula is C18H17Cl2Ru. The first-order valence-electron chi connectivity index (χ1n) is 5.73. The Morgan fingerprint density at radius 3 is 0.571 bits per heavy atom. The van der Waals surface area contributed by atoms with Crippen LogP contribution in [-0.4, -0.2) is 0 Å². The second-order valence-corrected chi connectivity index (χ2v) is 3.23. The Kier molecular flexibility index (Phi) is 25.1. The normalized spacial score (nSPS) is 6.86. The Hall–Kier alpha value is -1.14. The van der Waals surface area contributed by atoms with Gasteiger partial charge in [0.1, 0.15) is 0 Å². The van der Waals surface area contributed by atoms with Crippen molar-refractivity contribution in [1.82, 2.24) is 0 Å². The van der Waals surface area contributed by atoms with Crippen LogP contribution in [0, 0.1) is 18.2 Å². The van der Waals surface area contributed by atoms with E-state index in [-0.39, 0.29) is 44.3 Å². The average Bonchev–Trinajstić information content (AvgIpc) is 2.54. The fraction of sp³-hybridized carbons (Fsp3) is 0. The Bertz CT molecular complexity index is 306. The molecule has 3 rings (SSSR count). The van der Waals surface area contributed by atoms with Crippen molar-refractivity contribution in [3.63, 3.8) is 0 Å². The fourth-order valence-electron chi connectivity index (χ4n) is 1.03. The summed E-state index contributed by atoms with van der Waals surface area (Å²) in [7, 11) is 0. The monoisotopic (exact) mass is 405 g/mol. The van der Waals surface area contributed by atoms with Crippen LogP contribution >= 0.6 is 24.8 Å². The molecule has 0 saturated heterocycles. The molecule has 0 aliphatic rings. The van der Waals surface area contributed by atoms with Gasteiger partial charge in [-0.15, -0.1) is 24.8 Å². The van der Waals surface area contributed by atoms with Crippen LogP contribution in [0.15, 0.2) is 91.0 Å². The number of hydrogen-bond donors (Lipinski definition) is 0. The standard InChI is InChI=1S/3C6H5.2ClH.Ru/c3*1-2-4-6-5-3-1;;;/h3*1-5H;2*1H;/q3*-1;;;+3. The molecule has 1 radical (unpaired) electrons. The van der Waals surface area contributed by atoms with Crippen molar-refractivity contribution in [2.24, 2.45) is 0 Å². The third kappa shape index (κ3) is 18.9. The van der Waals surface area contributed by atoms with Gasteiger partial charge in [-0.25, -0.2) is 0 Å². The second kappa shape index (κ2) is 21.2. The van der Waals surface area contributed by atoms with Crippen LogP contribution in [0.3, 0.4) is 0 Å². The zero-order chi connectivity index (χ0) is 12.7. The molecule has 0 N–H and O–H groups in total. The van der Waals surface area contributed by atoms with E-state index < -0.39 is 0 Å². The van der Waals surface area contributed by atoms with Gasteiger partial charge in [-0.2, -0.15) is 109 Å². The quantitative estimate of drug-likeness (QED) is 0.352. The van der Waals surface area contributed by atoms with Gasteiger partial charge >= 0.3 is 19.5 Å². The molecule has 21 heavy (non-hydrogen) atoms. The molecule has 0 amide bonds. The number of hydrogen-bond acceptors (Lipinski definition) is 0. The van der Waals surface area contributed by atoms with Gasteiger partial charge in [0.05, 0.1) is 0 Å². The molecule has 0 saturated carbocycles. The molecular weight excluding hydrogens is 388 g/mol. The van der Waals surface area contributed by atoms with Crippen LogP contribution in [0.5, 0.6) is 0 Å². The predicted molar refractivity (Wildman–Crippen MR) is 90.3 cm³/mol. The fourth-order valence-corrected chi connectivity index (χ4v) is 1.03. The van der Waals surface area contributed by atoms with Gasteiger partial charge in [0.15, 0.2) is 0 Å². The molecule has 0 heterocycles. The van der Waals surface area contributed by atoms with Crippen LogP contribution in [0.2, 0.25) is 0 Å². The van der Waals surface area contributed by atoms with E-state index in [1.165, 1.54) is 0 Å². The summed E-state index contributed by atoms with van der Waals surface area (Å²) in [6.45, 7) is 0. The first kappa shape index (κ1) is 24.9. The molecule has 0 unspecified atom stereocenters. The van der Waals surface area contributed by atoms with E-state index in [0.717, 1.165) is 0 Å². The maximum absolute atomic E-state index is 2.89. The maximum Gasteiger partial charge on any atom is 3.00 e. The van der Waals surface area contributed by atoms with Crippen molar-refractivity contribution in [2.45, 2.75) is 0 Å². The molecule has 0 aromatic heterocycles. The van der Waals surface area contributed by atoms with Gasteiger partial charge in [0.25, 0.3) is 0 Å². The molecule has 0 nitrogen and oxygen atoms in total. The van der Waals surface area contributed by atoms with Gasteiger partial charge < -0.3 is 0 Å². The number of benzene rings is 3. The van der Waals surface area contributed by atoms with E-state index in [1.54, 1.807) is 0 Å². The summed E-state index contributed by atoms with van der Waals surface area (Å²) in [6, 6.07) is 37.5. The Morgan fingerprint density at radius 1 is 0.333 bits per heavy atom. The average molecular weight is 405 g/mol. The van der Waals surface area contributed by atoms with Crippen molar-refractivity contribution in [3.05, 3.63) is 109 Å². The first-order chi connectivity index (χ1) is 9.00. The summed E-state index contributed by atoms with van der Waals surface area (Å²) in [5, 5.41) is 0. The van der Waals surface area contributed by atoms with E-state index in [2.05, 4.69) is 18.2 Å². The third-order valence-electron chi connectivity index (χ3n) is 1.82. The van der Waals surface area contributed by atoms with Gasteiger partial charge in [-0.05, 0) is 0 Å². The first-order valence-corrected chi connectivity index (χ1v) is 5.73. The Balaban J connectivity index is -0.000000216. The van der Waals surface area contributed by atoms with E-state index in [4.69, 9.17) is 0 Å². The Labute approximate surface area is 153 Å². The van der Waals surface area contributed by atoms with Gasteiger partial charge in [0.2, 0.25) is 0 Å². The summed E-state index contributed by atoms with van der Waals surface area (Å²) >= 11 is 0. The van der Waals surface area contributed by atoms with Gasteiger partial charge in [-0.1, -0.05) is 0 Å². The van der Waals surface area contributed by atoms with Crippen LogP contribution in [0.4, 0.5) is 0 Å². The molecule has 0 aliphatic carbocycles.